The quantitative estimate of drug-likeness (QED) is 0.687. The molecular weight excluding hydrogens is 366 g/mol. The molecule has 0 bridgehead atoms. The molecule has 1 aliphatic heterocycles. The Bertz CT molecular complexity index is 943. The van der Waals surface area contributed by atoms with Crippen molar-refractivity contribution in [2.75, 3.05) is 48.4 Å². The molecule has 0 atom stereocenters. The molecule has 3 aromatic rings. The molecule has 1 fully saturated rings. The second-order valence-electron chi connectivity index (χ2n) is 6.85. The Labute approximate surface area is 170 Å². The molecule has 0 aliphatic carbocycles. The molecule has 0 radical (unpaired) electrons. The zero-order valence-electron chi connectivity index (χ0n) is 16.7. The van der Waals surface area contributed by atoms with Crippen LogP contribution in [0.5, 0.6) is 5.75 Å². The van der Waals surface area contributed by atoms with E-state index in [0.717, 1.165) is 60.9 Å². The summed E-state index contributed by atoms with van der Waals surface area (Å²) in [5.74, 6) is 4.15. The highest BCUT2D eigenvalue weighted by molar-refractivity contribution is 5.51. The van der Waals surface area contributed by atoms with Gasteiger partial charge in [0, 0.05) is 56.7 Å². The summed E-state index contributed by atoms with van der Waals surface area (Å²) in [4.78, 5) is 22.4. The second kappa shape index (κ2) is 8.72. The van der Waals surface area contributed by atoms with Crippen LogP contribution in [0.2, 0.25) is 0 Å². The lowest BCUT2D eigenvalue weighted by atomic mass is 10.2. The van der Waals surface area contributed by atoms with Crippen LogP contribution in [0.4, 0.5) is 17.6 Å². The zero-order valence-corrected chi connectivity index (χ0v) is 16.7. The van der Waals surface area contributed by atoms with Crippen molar-refractivity contribution in [2.24, 2.45) is 0 Å². The number of hydrogen-bond acceptors (Lipinski definition) is 8. The summed E-state index contributed by atoms with van der Waals surface area (Å²) in [6.07, 6.45) is 3.56. The Hall–Kier alpha value is -3.42. The van der Waals surface area contributed by atoms with E-state index in [1.54, 1.807) is 19.5 Å². The fourth-order valence-electron chi connectivity index (χ4n) is 3.43. The molecule has 4 rings (SSSR count). The first-order valence-electron chi connectivity index (χ1n) is 9.71. The van der Waals surface area contributed by atoms with E-state index in [9.17, 15) is 0 Å². The van der Waals surface area contributed by atoms with E-state index in [0.29, 0.717) is 6.54 Å². The molecule has 8 heteroatoms. The van der Waals surface area contributed by atoms with Gasteiger partial charge in [-0.1, -0.05) is 18.2 Å². The van der Waals surface area contributed by atoms with Crippen molar-refractivity contribution in [3.8, 4) is 5.75 Å². The molecule has 1 aromatic carbocycles. The largest absolute Gasteiger partial charge is 0.496 e. The van der Waals surface area contributed by atoms with Crippen LogP contribution < -0.4 is 19.9 Å². The third-order valence-corrected chi connectivity index (χ3v) is 4.92. The topological polar surface area (TPSA) is 79.3 Å². The standard InChI is InChI=1S/C21H25N7O/c1-16-25-19(24-15-17-6-3-4-7-18(17)29-2)14-20(26-16)27-10-12-28(13-11-27)21-22-8-5-9-23-21/h3-9,14H,10-13,15H2,1-2H3,(H,24,25,26). The van der Waals surface area contributed by atoms with Crippen LogP contribution in [0.1, 0.15) is 11.4 Å². The number of nitrogens with zero attached hydrogens (tertiary/aromatic N) is 6. The van der Waals surface area contributed by atoms with Gasteiger partial charge in [0.05, 0.1) is 7.11 Å². The van der Waals surface area contributed by atoms with E-state index in [4.69, 9.17) is 4.74 Å². The van der Waals surface area contributed by atoms with Gasteiger partial charge in [-0.15, -0.1) is 0 Å². The maximum atomic E-state index is 5.43. The van der Waals surface area contributed by atoms with E-state index in [2.05, 4.69) is 35.1 Å². The van der Waals surface area contributed by atoms with Crippen LogP contribution in [0.15, 0.2) is 48.8 Å². The van der Waals surface area contributed by atoms with Gasteiger partial charge >= 0.3 is 0 Å². The number of piperazine rings is 1. The first-order chi connectivity index (χ1) is 14.2. The molecule has 1 saturated heterocycles. The fraction of sp³-hybridized carbons (Fsp3) is 0.333. The highest BCUT2D eigenvalue weighted by Crippen LogP contribution is 2.22. The Morgan fingerprint density at radius 2 is 1.69 bits per heavy atom. The number of nitrogens with one attached hydrogen (secondary N) is 1. The third-order valence-electron chi connectivity index (χ3n) is 4.92. The molecule has 0 amide bonds. The van der Waals surface area contributed by atoms with Crippen LogP contribution in [-0.2, 0) is 6.54 Å². The number of hydrogen-bond donors (Lipinski definition) is 1. The molecule has 8 nitrogen and oxygen atoms in total. The minimum atomic E-state index is 0.638. The number of aromatic nitrogens is 4. The van der Waals surface area contributed by atoms with Gasteiger partial charge in [0.1, 0.15) is 23.2 Å². The van der Waals surface area contributed by atoms with Crippen molar-refractivity contribution in [3.05, 3.63) is 60.2 Å². The van der Waals surface area contributed by atoms with E-state index >= 15 is 0 Å². The van der Waals surface area contributed by atoms with Gasteiger partial charge in [-0.3, -0.25) is 0 Å². The molecule has 29 heavy (non-hydrogen) atoms. The number of ether oxygens (including phenoxy) is 1. The summed E-state index contributed by atoms with van der Waals surface area (Å²) >= 11 is 0. The van der Waals surface area contributed by atoms with Crippen molar-refractivity contribution in [3.63, 3.8) is 0 Å². The maximum Gasteiger partial charge on any atom is 0.225 e. The number of methoxy groups -OCH3 is 1. The lowest BCUT2D eigenvalue weighted by Crippen LogP contribution is -2.47. The summed E-state index contributed by atoms with van der Waals surface area (Å²) in [5, 5.41) is 3.40. The van der Waals surface area contributed by atoms with Crippen molar-refractivity contribution in [1.82, 2.24) is 19.9 Å². The molecule has 2 aromatic heterocycles. The number of rotatable bonds is 6. The second-order valence-corrected chi connectivity index (χ2v) is 6.85. The van der Waals surface area contributed by atoms with Crippen molar-refractivity contribution in [1.29, 1.82) is 0 Å². The number of aryl methyl sites for hydroxylation is 1. The number of anilines is 3. The minimum Gasteiger partial charge on any atom is -0.496 e. The molecular formula is C21H25N7O. The first-order valence-corrected chi connectivity index (χ1v) is 9.71. The van der Waals surface area contributed by atoms with Crippen molar-refractivity contribution >= 4 is 17.6 Å². The first kappa shape index (κ1) is 18.9. The van der Waals surface area contributed by atoms with Crippen molar-refractivity contribution in [2.45, 2.75) is 13.5 Å². The SMILES string of the molecule is COc1ccccc1CNc1cc(N2CCN(c3ncccn3)CC2)nc(C)n1. The average Bonchev–Trinajstić information content (AvgIpc) is 2.78. The molecule has 150 valence electrons. The van der Waals surface area contributed by atoms with Gasteiger partial charge in [0.25, 0.3) is 0 Å². The molecule has 3 heterocycles. The average molecular weight is 391 g/mol. The molecule has 0 saturated carbocycles. The van der Waals surface area contributed by atoms with Gasteiger partial charge in [-0.05, 0) is 19.1 Å². The van der Waals surface area contributed by atoms with Gasteiger partial charge in [0.2, 0.25) is 5.95 Å². The monoisotopic (exact) mass is 391 g/mol. The van der Waals surface area contributed by atoms with Crippen molar-refractivity contribution < 1.29 is 4.74 Å². The van der Waals surface area contributed by atoms with Gasteiger partial charge in [-0.25, -0.2) is 19.9 Å². The summed E-state index contributed by atoms with van der Waals surface area (Å²) in [6, 6.07) is 11.8. The predicted molar refractivity (Wildman–Crippen MR) is 114 cm³/mol. The normalized spacial score (nSPS) is 14.0. The lowest BCUT2D eigenvalue weighted by Gasteiger charge is -2.35. The van der Waals surface area contributed by atoms with E-state index in [1.165, 1.54) is 0 Å². The van der Waals surface area contributed by atoms with Crippen LogP contribution in [0.3, 0.4) is 0 Å². The number of benzene rings is 1. The Morgan fingerprint density at radius 3 is 2.45 bits per heavy atom. The summed E-state index contributed by atoms with van der Waals surface area (Å²) in [5.41, 5.74) is 1.09. The Morgan fingerprint density at radius 1 is 0.966 bits per heavy atom. The van der Waals surface area contributed by atoms with Gasteiger partial charge in [0.15, 0.2) is 0 Å². The van der Waals surface area contributed by atoms with E-state index in [-0.39, 0.29) is 0 Å². The third kappa shape index (κ3) is 4.53. The Kier molecular flexibility index (Phi) is 5.69. The van der Waals surface area contributed by atoms with Crippen LogP contribution in [0, 0.1) is 6.92 Å². The summed E-state index contributed by atoms with van der Waals surface area (Å²) < 4.78 is 5.43. The lowest BCUT2D eigenvalue weighted by molar-refractivity contribution is 0.410. The summed E-state index contributed by atoms with van der Waals surface area (Å²) in [6.45, 7) is 6.00. The minimum absolute atomic E-state index is 0.638. The van der Waals surface area contributed by atoms with E-state index in [1.807, 2.05) is 43.3 Å². The number of para-hydroxylation sites is 1. The van der Waals surface area contributed by atoms with Crippen LogP contribution in [-0.4, -0.2) is 53.2 Å². The smallest absolute Gasteiger partial charge is 0.225 e. The molecule has 0 unspecified atom stereocenters. The highest BCUT2D eigenvalue weighted by atomic mass is 16.5. The zero-order chi connectivity index (χ0) is 20.1. The van der Waals surface area contributed by atoms with Crippen LogP contribution in [0.25, 0.3) is 0 Å². The predicted octanol–water partition coefficient (Wildman–Crippen LogP) is 2.52. The molecule has 1 aliphatic rings. The van der Waals surface area contributed by atoms with Gasteiger partial charge in [-0.2, -0.15) is 0 Å². The fourth-order valence-corrected chi connectivity index (χ4v) is 3.43. The van der Waals surface area contributed by atoms with E-state index < -0.39 is 0 Å². The maximum absolute atomic E-state index is 5.43. The Balaban J connectivity index is 1.42. The van der Waals surface area contributed by atoms with Gasteiger partial charge < -0.3 is 19.9 Å². The summed E-state index contributed by atoms with van der Waals surface area (Å²) in [7, 11) is 1.69. The highest BCUT2D eigenvalue weighted by Gasteiger charge is 2.20. The molecule has 1 N–H and O–H groups in total. The molecule has 0 spiro atoms. The van der Waals surface area contributed by atoms with Crippen LogP contribution >= 0.6 is 0 Å².